The number of rotatable bonds is 4. The van der Waals surface area contributed by atoms with E-state index in [1.54, 1.807) is 17.3 Å². The van der Waals surface area contributed by atoms with E-state index in [0.717, 1.165) is 33.3 Å². The number of anilines is 1. The molecule has 1 fully saturated rings. The Morgan fingerprint density at radius 2 is 1.89 bits per heavy atom. The van der Waals surface area contributed by atoms with Gasteiger partial charge in [0, 0.05) is 54.6 Å². The van der Waals surface area contributed by atoms with Crippen LogP contribution >= 0.6 is 0 Å². The second kappa shape index (κ2) is 8.63. The Morgan fingerprint density at radius 3 is 2.64 bits per heavy atom. The van der Waals surface area contributed by atoms with Crippen LogP contribution in [0, 0.1) is 0 Å². The van der Waals surface area contributed by atoms with Crippen molar-refractivity contribution in [2.75, 3.05) is 25.0 Å². The lowest BCUT2D eigenvalue weighted by Crippen LogP contribution is -2.48. The van der Waals surface area contributed by atoms with Crippen molar-refractivity contribution in [3.8, 4) is 11.3 Å². The Hall–Kier alpha value is -3.92. The van der Waals surface area contributed by atoms with Gasteiger partial charge in [0.2, 0.25) is 0 Å². The van der Waals surface area contributed by atoms with E-state index in [-0.39, 0.29) is 25.0 Å². The summed E-state index contributed by atoms with van der Waals surface area (Å²) in [6.45, 7) is -0.320. The normalized spacial score (nSPS) is 20.5. The van der Waals surface area contributed by atoms with E-state index in [2.05, 4.69) is 20.5 Å². The summed E-state index contributed by atoms with van der Waals surface area (Å²) in [5.74, 6) is -0.232. The number of benzene rings is 2. The molecule has 2 amide bonds. The molecule has 1 saturated heterocycles. The molecule has 0 bridgehead atoms. The van der Waals surface area contributed by atoms with Crippen LogP contribution in [0.1, 0.15) is 17.0 Å². The molecule has 184 valence electrons. The Bertz CT molecular complexity index is 1410. The maximum Gasteiger partial charge on any atom is 0.401 e. The number of hydrogen-bond donors (Lipinski definition) is 2. The van der Waals surface area contributed by atoms with Crippen LogP contribution in [0.25, 0.3) is 22.2 Å². The molecule has 2 aliphatic rings. The lowest BCUT2D eigenvalue weighted by Gasteiger charge is -2.36. The van der Waals surface area contributed by atoms with Crippen LogP contribution < -0.4 is 5.32 Å². The van der Waals surface area contributed by atoms with E-state index in [1.165, 1.54) is 4.90 Å². The van der Waals surface area contributed by atoms with Crippen LogP contribution in [0.15, 0.2) is 67.0 Å². The van der Waals surface area contributed by atoms with E-state index >= 15 is 0 Å². The molecule has 4 heterocycles. The van der Waals surface area contributed by atoms with Crippen LogP contribution in [0.5, 0.6) is 0 Å². The highest BCUT2D eigenvalue weighted by Crippen LogP contribution is 2.38. The number of aromatic amines is 1. The van der Waals surface area contributed by atoms with Gasteiger partial charge < -0.3 is 10.2 Å². The molecule has 2 aromatic carbocycles. The number of likely N-dealkylation sites (tertiary alicyclic amines) is 1. The number of nitrogens with zero attached hydrogens (tertiary/aromatic N) is 4. The summed E-state index contributed by atoms with van der Waals surface area (Å²) < 4.78 is 39.7. The molecule has 1 unspecified atom stereocenters. The summed E-state index contributed by atoms with van der Waals surface area (Å²) in [4.78, 5) is 20.5. The molecular formula is C26H23F3N6O. The first kappa shape index (κ1) is 22.5. The van der Waals surface area contributed by atoms with Crippen molar-refractivity contribution in [3.63, 3.8) is 0 Å². The van der Waals surface area contributed by atoms with Crippen molar-refractivity contribution in [2.24, 2.45) is 0 Å². The average molecular weight is 493 g/mol. The van der Waals surface area contributed by atoms with Gasteiger partial charge in [0.15, 0.2) is 0 Å². The number of halogens is 3. The third kappa shape index (κ3) is 4.17. The minimum atomic E-state index is -4.30. The Kier molecular flexibility index (Phi) is 5.40. The SMILES string of the molecule is O=C1Nc2cc3[nH]nc(-c4cccnc4)c3cc2CN1[C@@H]1CN(CC(F)(F)F)CC1c1ccccc1. The smallest absolute Gasteiger partial charge is 0.315 e. The van der Waals surface area contributed by atoms with Crippen molar-refractivity contribution in [1.29, 1.82) is 0 Å². The van der Waals surface area contributed by atoms with Crippen molar-refractivity contribution in [2.45, 2.75) is 24.7 Å². The van der Waals surface area contributed by atoms with Crippen LogP contribution in [-0.4, -0.2) is 62.9 Å². The zero-order valence-corrected chi connectivity index (χ0v) is 19.2. The Balaban J connectivity index is 1.35. The molecule has 2 aromatic heterocycles. The standard InChI is InChI=1S/C26H23F3N6O/c27-26(28,29)15-34-13-20(16-5-2-1-3-6-16)23(14-34)35-12-18-9-19-22(10-21(18)31-25(35)36)32-33-24(19)17-7-4-8-30-11-17/h1-11,20,23H,12-15H2,(H,31,36)(H,32,33)/t20?,23-/m1/s1. The highest BCUT2D eigenvalue weighted by molar-refractivity contribution is 6.00. The van der Waals surface area contributed by atoms with Crippen molar-refractivity contribution in [1.82, 2.24) is 25.0 Å². The van der Waals surface area contributed by atoms with Gasteiger partial charge in [-0.25, -0.2) is 4.79 Å². The van der Waals surface area contributed by atoms with E-state index in [0.29, 0.717) is 12.2 Å². The van der Waals surface area contributed by atoms with Crippen LogP contribution in [0.2, 0.25) is 0 Å². The molecule has 0 saturated carbocycles. The topological polar surface area (TPSA) is 77.1 Å². The number of nitrogens with one attached hydrogen (secondary N) is 2. The van der Waals surface area contributed by atoms with Crippen LogP contribution in [0.3, 0.4) is 0 Å². The number of pyridine rings is 1. The number of urea groups is 1. The summed E-state index contributed by atoms with van der Waals surface area (Å²) in [6.07, 6.45) is -0.871. The number of amides is 2. The molecule has 7 nitrogen and oxygen atoms in total. The van der Waals surface area contributed by atoms with Gasteiger partial charge in [-0.3, -0.25) is 15.0 Å². The highest BCUT2D eigenvalue weighted by atomic mass is 19.4. The quantitative estimate of drug-likeness (QED) is 0.420. The molecule has 2 atom stereocenters. The minimum Gasteiger partial charge on any atom is -0.315 e. The van der Waals surface area contributed by atoms with Gasteiger partial charge in [0.25, 0.3) is 0 Å². The third-order valence-corrected chi connectivity index (χ3v) is 6.96. The van der Waals surface area contributed by atoms with Gasteiger partial charge in [0.05, 0.1) is 18.1 Å². The first-order valence-corrected chi connectivity index (χ1v) is 11.7. The summed E-state index contributed by atoms with van der Waals surface area (Å²) >= 11 is 0. The number of alkyl halides is 3. The van der Waals surface area contributed by atoms with Crippen molar-refractivity contribution in [3.05, 3.63) is 78.1 Å². The minimum absolute atomic E-state index is 0.150. The zero-order valence-electron chi connectivity index (χ0n) is 19.2. The predicted molar refractivity (Wildman–Crippen MR) is 129 cm³/mol. The molecule has 0 radical (unpaired) electrons. The summed E-state index contributed by atoms with van der Waals surface area (Å²) in [5.41, 5.74) is 4.88. The summed E-state index contributed by atoms with van der Waals surface area (Å²) in [5, 5.41) is 11.3. The third-order valence-electron chi connectivity index (χ3n) is 6.96. The van der Waals surface area contributed by atoms with E-state index in [1.807, 2.05) is 54.6 Å². The van der Waals surface area contributed by atoms with Gasteiger partial charge in [-0.1, -0.05) is 30.3 Å². The first-order valence-electron chi connectivity index (χ1n) is 11.7. The van der Waals surface area contributed by atoms with Gasteiger partial charge in [-0.2, -0.15) is 18.3 Å². The molecule has 6 rings (SSSR count). The molecular weight excluding hydrogens is 469 g/mol. The Labute approximate surface area is 204 Å². The first-order chi connectivity index (χ1) is 17.4. The monoisotopic (exact) mass is 492 g/mol. The van der Waals surface area contributed by atoms with E-state index < -0.39 is 18.8 Å². The lowest BCUT2D eigenvalue weighted by molar-refractivity contribution is -0.143. The molecule has 2 N–H and O–H groups in total. The number of H-pyrrole nitrogens is 1. The van der Waals surface area contributed by atoms with Gasteiger partial charge in [-0.05, 0) is 35.4 Å². The van der Waals surface area contributed by atoms with Gasteiger partial charge in [0.1, 0.15) is 5.69 Å². The lowest BCUT2D eigenvalue weighted by atomic mass is 9.92. The van der Waals surface area contributed by atoms with E-state index in [4.69, 9.17) is 0 Å². The second-order valence-corrected chi connectivity index (χ2v) is 9.32. The summed E-state index contributed by atoms with van der Waals surface area (Å²) in [7, 11) is 0. The molecule has 10 heteroatoms. The van der Waals surface area contributed by atoms with Gasteiger partial charge in [-0.15, -0.1) is 0 Å². The average Bonchev–Trinajstić information content (AvgIpc) is 3.46. The zero-order chi connectivity index (χ0) is 24.9. The summed E-state index contributed by atoms with van der Waals surface area (Å²) in [6, 6.07) is 16.4. The maximum atomic E-state index is 13.2. The second-order valence-electron chi connectivity index (χ2n) is 9.32. The molecule has 0 aliphatic carbocycles. The number of hydrogen-bond acceptors (Lipinski definition) is 4. The predicted octanol–water partition coefficient (Wildman–Crippen LogP) is 5.00. The molecule has 4 aromatic rings. The maximum absolute atomic E-state index is 13.2. The van der Waals surface area contributed by atoms with Crippen LogP contribution in [0.4, 0.5) is 23.7 Å². The number of fused-ring (bicyclic) bond motifs is 2. The van der Waals surface area contributed by atoms with Crippen molar-refractivity contribution < 1.29 is 18.0 Å². The number of carbonyl (C=O) groups excluding carboxylic acids is 1. The van der Waals surface area contributed by atoms with Crippen LogP contribution in [-0.2, 0) is 6.54 Å². The van der Waals surface area contributed by atoms with Crippen molar-refractivity contribution >= 4 is 22.6 Å². The fraction of sp³-hybridized carbons (Fsp3) is 0.269. The fourth-order valence-electron chi connectivity index (χ4n) is 5.38. The van der Waals surface area contributed by atoms with Gasteiger partial charge >= 0.3 is 12.2 Å². The largest absolute Gasteiger partial charge is 0.401 e. The number of carbonyl (C=O) groups is 1. The number of aromatic nitrogens is 3. The molecule has 2 aliphatic heterocycles. The Morgan fingerprint density at radius 1 is 1.06 bits per heavy atom. The fourth-order valence-corrected chi connectivity index (χ4v) is 5.38. The highest BCUT2D eigenvalue weighted by Gasteiger charge is 2.44. The molecule has 0 spiro atoms. The molecule has 36 heavy (non-hydrogen) atoms. The van der Waals surface area contributed by atoms with E-state index in [9.17, 15) is 18.0 Å².